The first-order chi connectivity index (χ1) is 14.1. The van der Waals surface area contributed by atoms with Crippen LogP contribution in [0.25, 0.3) is 0 Å². The molecule has 2 saturated heterocycles. The van der Waals surface area contributed by atoms with Crippen LogP contribution in [0.3, 0.4) is 0 Å². The van der Waals surface area contributed by atoms with E-state index in [1.807, 2.05) is 0 Å². The molecule has 0 aliphatic carbocycles. The summed E-state index contributed by atoms with van der Waals surface area (Å²) in [4.78, 5) is 18.3. The smallest absolute Gasteiger partial charge is 0.475 e. The minimum atomic E-state index is -5.08. The molecule has 0 radical (unpaired) electrons. The summed E-state index contributed by atoms with van der Waals surface area (Å²) >= 11 is 0. The van der Waals surface area contributed by atoms with Gasteiger partial charge in [0.05, 0.1) is 0 Å². The molecule has 30 heavy (non-hydrogen) atoms. The van der Waals surface area contributed by atoms with Gasteiger partial charge in [-0.25, -0.2) is 9.78 Å². The number of nitrogens with zero attached hydrogens (tertiary/aromatic N) is 3. The van der Waals surface area contributed by atoms with Gasteiger partial charge < -0.3 is 14.7 Å². The fourth-order valence-electron chi connectivity index (χ4n) is 3.82. The number of ether oxygens (including phenoxy) is 1. The van der Waals surface area contributed by atoms with E-state index < -0.39 is 12.1 Å². The van der Waals surface area contributed by atoms with Crippen LogP contribution in [0, 0.1) is 11.8 Å². The lowest BCUT2D eigenvalue weighted by Crippen LogP contribution is -2.27. The van der Waals surface area contributed by atoms with Crippen LogP contribution in [-0.4, -0.2) is 66.5 Å². The van der Waals surface area contributed by atoms with E-state index in [4.69, 9.17) is 14.6 Å². The molecule has 2 aliphatic heterocycles. The summed E-state index contributed by atoms with van der Waals surface area (Å²) in [5.74, 6) is 0.0601. The molecule has 1 atom stereocenters. The van der Waals surface area contributed by atoms with Crippen molar-refractivity contribution in [2.24, 2.45) is 11.8 Å². The number of rotatable bonds is 5. The molecule has 2 fully saturated rings. The van der Waals surface area contributed by atoms with E-state index >= 15 is 0 Å². The Balaban J connectivity index is 0.000000396. The molecule has 170 valence electrons. The topological polar surface area (TPSA) is 65.9 Å². The van der Waals surface area contributed by atoms with Gasteiger partial charge in [-0.2, -0.15) is 13.2 Å². The van der Waals surface area contributed by atoms with Gasteiger partial charge in [0.15, 0.2) is 0 Å². The minimum absolute atomic E-state index is 0.479. The molecule has 1 aromatic heterocycles. The van der Waals surface area contributed by atoms with Gasteiger partial charge in [0.1, 0.15) is 5.82 Å². The van der Waals surface area contributed by atoms with Crippen molar-refractivity contribution in [3.05, 3.63) is 23.9 Å². The highest BCUT2D eigenvalue weighted by Gasteiger charge is 2.38. The second kappa shape index (κ2) is 10.9. The van der Waals surface area contributed by atoms with Crippen molar-refractivity contribution in [2.45, 2.75) is 51.9 Å². The monoisotopic (exact) mass is 431 g/mol. The van der Waals surface area contributed by atoms with Crippen molar-refractivity contribution >= 4 is 11.8 Å². The summed E-state index contributed by atoms with van der Waals surface area (Å²) in [6, 6.07) is 4.87. The number of aliphatic carboxylic acids is 1. The van der Waals surface area contributed by atoms with E-state index in [9.17, 15) is 13.2 Å². The van der Waals surface area contributed by atoms with Gasteiger partial charge in [-0.1, -0.05) is 6.07 Å². The SMILES string of the molecule is CC(C)N(C)c1ccc(CN2CCC(C3CCOCC3)C2)cn1.O=C(O)C(F)(F)F. The van der Waals surface area contributed by atoms with Crippen molar-refractivity contribution in [3.8, 4) is 0 Å². The Kier molecular flexibility index (Phi) is 8.91. The molecular weight excluding hydrogens is 399 g/mol. The fourth-order valence-corrected chi connectivity index (χ4v) is 3.82. The number of carboxylic acids is 1. The van der Waals surface area contributed by atoms with Gasteiger partial charge in [-0.3, -0.25) is 4.90 Å². The molecule has 3 rings (SSSR count). The Morgan fingerprint density at radius 3 is 2.40 bits per heavy atom. The maximum absolute atomic E-state index is 10.6. The Morgan fingerprint density at radius 1 is 1.27 bits per heavy atom. The molecule has 6 nitrogen and oxygen atoms in total. The molecule has 0 spiro atoms. The third-order valence-electron chi connectivity index (χ3n) is 5.84. The lowest BCUT2D eigenvalue weighted by atomic mass is 9.85. The number of carboxylic acid groups (broad SMARTS) is 1. The summed E-state index contributed by atoms with van der Waals surface area (Å²) < 4.78 is 37.2. The quantitative estimate of drug-likeness (QED) is 0.765. The molecular formula is C21H32F3N3O3. The van der Waals surface area contributed by atoms with Crippen LogP contribution in [-0.2, 0) is 16.1 Å². The van der Waals surface area contributed by atoms with Crippen LogP contribution in [0.1, 0.15) is 38.7 Å². The van der Waals surface area contributed by atoms with E-state index in [1.165, 1.54) is 37.9 Å². The Morgan fingerprint density at radius 2 is 1.90 bits per heavy atom. The Bertz CT molecular complexity index is 662. The number of aromatic nitrogens is 1. The lowest BCUT2D eigenvalue weighted by molar-refractivity contribution is -0.192. The van der Waals surface area contributed by atoms with Crippen molar-refractivity contribution in [1.29, 1.82) is 0 Å². The number of halogens is 3. The maximum atomic E-state index is 10.6. The Labute approximate surface area is 176 Å². The molecule has 0 aromatic carbocycles. The highest BCUT2D eigenvalue weighted by molar-refractivity contribution is 5.73. The maximum Gasteiger partial charge on any atom is 0.490 e. The van der Waals surface area contributed by atoms with Crippen molar-refractivity contribution < 1.29 is 27.8 Å². The van der Waals surface area contributed by atoms with Gasteiger partial charge in [0.2, 0.25) is 0 Å². The predicted molar refractivity (Wildman–Crippen MR) is 108 cm³/mol. The molecule has 0 amide bonds. The zero-order valence-corrected chi connectivity index (χ0v) is 17.9. The van der Waals surface area contributed by atoms with Crippen LogP contribution < -0.4 is 4.90 Å². The summed E-state index contributed by atoms with van der Waals surface area (Å²) in [5.41, 5.74) is 1.33. The molecule has 0 bridgehead atoms. The molecule has 2 aliphatic rings. The number of hydrogen-bond acceptors (Lipinski definition) is 5. The first-order valence-corrected chi connectivity index (χ1v) is 10.4. The first-order valence-electron chi connectivity index (χ1n) is 10.4. The number of alkyl halides is 3. The number of likely N-dealkylation sites (tertiary alicyclic amines) is 1. The van der Waals surface area contributed by atoms with Crippen LogP contribution in [0.5, 0.6) is 0 Å². The number of anilines is 1. The Hall–Kier alpha value is -1.87. The average Bonchev–Trinajstić information content (AvgIpc) is 3.17. The third-order valence-corrected chi connectivity index (χ3v) is 5.84. The predicted octanol–water partition coefficient (Wildman–Crippen LogP) is 3.81. The van der Waals surface area contributed by atoms with Crippen LogP contribution >= 0.6 is 0 Å². The average molecular weight is 431 g/mol. The summed E-state index contributed by atoms with van der Waals surface area (Å²) in [6.07, 6.45) is 0.842. The largest absolute Gasteiger partial charge is 0.490 e. The zero-order chi connectivity index (χ0) is 22.3. The van der Waals surface area contributed by atoms with Crippen LogP contribution in [0.4, 0.5) is 19.0 Å². The second-order valence-electron chi connectivity index (χ2n) is 8.27. The van der Waals surface area contributed by atoms with E-state index in [-0.39, 0.29) is 0 Å². The van der Waals surface area contributed by atoms with Gasteiger partial charge in [-0.15, -0.1) is 0 Å². The highest BCUT2D eigenvalue weighted by Crippen LogP contribution is 2.31. The standard InChI is InChI=1S/C19H31N3O.C2HF3O2/c1-15(2)21(3)19-5-4-16(12-20-19)13-22-9-6-18(14-22)17-7-10-23-11-8-17;3-2(4,5)1(6)7/h4-5,12,15,17-18H,6-11,13-14H2,1-3H3;(H,6,7). The van der Waals surface area contributed by atoms with E-state index in [1.54, 1.807) is 0 Å². The minimum Gasteiger partial charge on any atom is -0.475 e. The van der Waals surface area contributed by atoms with E-state index in [2.05, 4.69) is 54.0 Å². The van der Waals surface area contributed by atoms with E-state index in [0.717, 1.165) is 37.4 Å². The molecule has 1 unspecified atom stereocenters. The van der Waals surface area contributed by atoms with Crippen LogP contribution in [0.2, 0.25) is 0 Å². The molecule has 1 aromatic rings. The molecule has 9 heteroatoms. The van der Waals surface area contributed by atoms with Crippen molar-refractivity contribution in [3.63, 3.8) is 0 Å². The summed E-state index contributed by atoms with van der Waals surface area (Å²) in [5, 5.41) is 7.12. The van der Waals surface area contributed by atoms with E-state index in [0.29, 0.717) is 6.04 Å². The first kappa shape index (κ1) is 24.4. The summed E-state index contributed by atoms with van der Waals surface area (Å²) in [6.45, 7) is 9.84. The lowest BCUT2D eigenvalue weighted by Gasteiger charge is -2.27. The van der Waals surface area contributed by atoms with Crippen molar-refractivity contribution in [2.75, 3.05) is 38.3 Å². The van der Waals surface area contributed by atoms with Gasteiger partial charge >= 0.3 is 12.1 Å². The fraction of sp³-hybridized carbons (Fsp3) is 0.714. The summed E-state index contributed by atoms with van der Waals surface area (Å²) in [7, 11) is 2.10. The van der Waals surface area contributed by atoms with Crippen LogP contribution in [0.15, 0.2) is 18.3 Å². The second-order valence-corrected chi connectivity index (χ2v) is 8.27. The molecule has 1 N–H and O–H groups in total. The molecule has 3 heterocycles. The zero-order valence-electron chi connectivity index (χ0n) is 17.9. The number of pyridine rings is 1. The van der Waals surface area contributed by atoms with Gasteiger partial charge in [0, 0.05) is 45.6 Å². The number of hydrogen-bond donors (Lipinski definition) is 1. The van der Waals surface area contributed by atoms with Gasteiger partial charge in [0.25, 0.3) is 0 Å². The van der Waals surface area contributed by atoms with Gasteiger partial charge in [-0.05, 0) is 63.1 Å². The normalized spacial score (nSPS) is 20.7. The molecule has 0 saturated carbocycles. The highest BCUT2D eigenvalue weighted by atomic mass is 19.4. The van der Waals surface area contributed by atoms with Crippen molar-refractivity contribution in [1.82, 2.24) is 9.88 Å². The number of carbonyl (C=O) groups is 1. The third kappa shape index (κ3) is 7.43.